The molecule has 0 aromatic heterocycles. The summed E-state index contributed by atoms with van der Waals surface area (Å²) in [5, 5.41) is 0. The quantitative estimate of drug-likeness (QED) is 0.123. The Kier molecular flexibility index (Phi) is 25.5. The second-order valence-corrected chi connectivity index (χ2v) is 8.47. The van der Waals surface area contributed by atoms with Gasteiger partial charge in [0.2, 0.25) is 0 Å². The standard InChI is InChI=1S/C27H52/c1-3-5-7-9-11-13-15-17-19-21-23-25-27-26-24-22-20-18-16-14-12-10-8-6-4-2/h15,17H,1-14,16,18-27H2/b17-15+. The van der Waals surface area contributed by atoms with Crippen LogP contribution in [0.3, 0.4) is 0 Å². The van der Waals surface area contributed by atoms with Crippen LogP contribution in [0.4, 0.5) is 0 Å². The number of unbranched alkanes of at least 4 members (excludes halogenated alkanes) is 21. The SMILES string of the molecule is [CH2]CCCCCC/C=C/CCCCCCCCCCCCCCCCC[CH2]. The van der Waals surface area contributed by atoms with E-state index in [2.05, 4.69) is 26.0 Å². The first-order valence-electron chi connectivity index (χ1n) is 12.6. The van der Waals surface area contributed by atoms with Crippen LogP contribution in [0.5, 0.6) is 0 Å². The lowest BCUT2D eigenvalue weighted by Gasteiger charge is -2.03. The van der Waals surface area contributed by atoms with Crippen LogP contribution in [0.2, 0.25) is 0 Å². The molecule has 0 aliphatic rings. The Balaban J connectivity index is 3.02. The smallest absolute Gasteiger partial charge is 0.0351 e. The highest BCUT2D eigenvalue weighted by molar-refractivity contribution is 4.81. The van der Waals surface area contributed by atoms with Crippen LogP contribution >= 0.6 is 0 Å². The molecule has 0 heteroatoms. The van der Waals surface area contributed by atoms with Gasteiger partial charge in [0.05, 0.1) is 0 Å². The molecule has 0 rings (SSSR count). The van der Waals surface area contributed by atoms with Gasteiger partial charge in [-0.2, -0.15) is 0 Å². The first-order valence-corrected chi connectivity index (χ1v) is 12.6. The lowest BCUT2D eigenvalue weighted by Crippen LogP contribution is -1.83. The van der Waals surface area contributed by atoms with E-state index in [-0.39, 0.29) is 0 Å². The summed E-state index contributed by atoms with van der Waals surface area (Å²) < 4.78 is 0. The Hall–Kier alpha value is -0.260. The summed E-state index contributed by atoms with van der Waals surface area (Å²) >= 11 is 0. The molecule has 0 aromatic rings. The number of hydrogen-bond acceptors (Lipinski definition) is 0. The first-order chi connectivity index (χ1) is 13.4. The average Bonchev–Trinajstić information content (AvgIpc) is 2.68. The molecule has 2 radical (unpaired) electrons. The van der Waals surface area contributed by atoms with E-state index in [9.17, 15) is 0 Å². The Morgan fingerprint density at radius 3 is 0.778 bits per heavy atom. The van der Waals surface area contributed by atoms with Crippen LogP contribution < -0.4 is 0 Å². The lowest BCUT2D eigenvalue weighted by molar-refractivity contribution is 0.531. The zero-order valence-corrected chi connectivity index (χ0v) is 18.8. The summed E-state index contributed by atoms with van der Waals surface area (Å²) in [6.07, 6.45) is 36.7. The van der Waals surface area contributed by atoms with E-state index >= 15 is 0 Å². The summed E-state index contributed by atoms with van der Waals surface area (Å²) in [6.45, 7) is 7.80. The topological polar surface area (TPSA) is 0 Å². The monoisotopic (exact) mass is 376 g/mol. The van der Waals surface area contributed by atoms with Gasteiger partial charge in [0.25, 0.3) is 0 Å². The van der Waals surface area contributed by atoms with Gasteiger partial charge >= 0.3 is 0 Å². The number of allylic oxidation sites excluding steroid dienone is 2. The highest BCUT2D eigenvalue weighted by Crippen LogP contribution is 2.14. The molecule has 0 heterocycles. The van der Waals surface area contributed by atoms with Crippen LogP contribution in [0.1, 0.15) is 148 Å². The normalized spacial score (nSPS) is 11.6. The molecule has 0 spiro atoms. The summed E-state index contributed by atoms with van der Waals surface area (Å²) in [5.74, 6) is 0. The second-order valence-electron chi connectivity index (χ2n) is 8.47. The minimum absolute atomic E-state index is 1.10. The van der Waals surface area contributed by atoms with Crippen molar-refractivity contribution in [2.75, 3.05) is 0 Å². The van der Waals surface area contributed by atoms with Gasteiger partial charge in [0, 0.05) is 0 Å². The zero-order chi connectivity index (χ0) is 19.7. The molecule has 27 heavy (non-hydrogen) atoms. The molecule has 0 aliphatic heterocycles. The van der Waals surface area contributed by atoms with E-state index in [4.69, 9.17) is 0 Å². The molecule has 0 aromatic carbocycles. The molecule has 0 atom stereocenters. The van der Waals surface area contributed by atoms with Crippen molar-refractivity contribution in [2.45, 2.75) is 148 Å². The van der Waals surface area contributed by atoms with E-state index in [1.54, 1.807) is 0 Å². The van der Waals surface area contributed by atoms with Crippen LogP contribution in [0, 0.1) is 13.8 Å². The van der Waals surface area contributed by atoms with Gasteiger partial charge in [-0.05, 0) is 25.7 Å². The van der Waals surface area contributed by atoms with E-state index in [1.807, 2.05) is 0 Å². The molecule has 0 bridgehead atoms. The average molecular weight is 377 g/mol. The molecule has 0 saturated heterocycles. The van der Waals surface area contributed by atoms with E-state index in [0.717, 1.165) is 12.8 Å². The van der Waals surface area contributed by atoms with Gasteiger partial charge in [-0.15, -0.1) is 0 Å². The maximum atomic E-state index is 3.91. The van der Waals surface area contributed by atoms with Crippen molar-refractivity contribution < 1.29 is 0 Å². The Bertz CT molecular complexity index is 265. The Morgan fingerprint density at radius 2 is 0.519 bits per heavy atom. The van der Waals surface area contributed by atoms with Crippen molar-refractivity contribution in [3.63, 3.8) is 0 Å². The van der Waals surface area contributed by atoms with Crippen molar-refractivity contribution >= 4 is 0 Å². The summed E-state index contributed by atoms with van der Waals surface area (Å²) in [4.78, 5) is 0. The highest BCUT2D eigenvalue weighted by atomic mass is 14.0. The van der Waals surface area contributed by atoms with Gasteiger partial charge in [-0.1, -0.05) is 148 Å². The Labute approximate surface area is 174 Å². The third-order valence-electron chi connectivity index (χ3n) is 5.66. The molecule has 0 aliphatic carbocycles. The maximum absolute atomic E-state index is 3.91. The Morgan fingerprint density at radius 1 is 0.296 bits per heavy atom. The molecule has 0 nitrogen and oxygen atoms in total. The molecule has 160 valence electrons. The van der Waals surface area contributed by atoms with Crippen LogP contribution in [0.15, 0.2) is 12.2 Å². The van der Waals surface area contributed by atoms with E-state index in [0.29, 0.717) is 0 Å². The summed E-state index contributed by atoms with van der Waals surface area (Å²) in [6, 6.07) is 0. The van der Waals surface area contributed by atoms with Gasteiger partial charge in [-0.3, -0.25) is 0 Å². The van der Waals surface area contributed by atoms with Crippen molar-refractivity contribution in [1.82, 2.24) is 0 Å². The fourth-order valence-corrected chi connectivity index (χ4v) is 3.77. The molecule has 0 unspecified atom stereocenters. The van der Waals surface area contributed by atoms with E-state index < -0.39 is 0 Å². The predicted octanol–water partition coefficient (Wildman–Crippen LogP) is 10.2. The zero-order valence-electron chi connectivity index (χ0n) is 18.8. The number of hydrogen-bond donors (Lipinski definition) is 0. The molecule has 0 N–H and O–H groups in total. The van der Waals surface area contributed by atoms with Crippen molar-refractivity contribution in [3.8, 4) is 0 Å². The van der Waals surface area contributed by atoms with Gasteiger partial charge in [-0.25, -0.2) is 0 Å². The molecular formula is C27H52. The third-order valence-corrected chi connectivity index (χ3v) is 5.66. The first kappa shape index (κ1) is 26.7. The number of rotatable bonds is 23. The van der Waals surface area contributed by atoms with Gasteiger partial charge in [0.1, 0.15) is 0 Å². The van der Waals surface area contributed by atoms with Crippen molar-refractivity contribution in [3.05, 3.63) is 26.0 Å². The molecule has 0 amide bonds. The fraction of sp³-hybridized carbons (Fsp3) is 0.852. The molecule has 0 fully saturated rings. The van der Waals surface area contributed by atoms with Gasteiger partial charge < -0.3 is 0 Å². The largest absolute Gasteiger partial charge is 0.0885 e. The highest BCUT2D eigenvalue weighted by Gasteiger charge is 1.94. The predicted molar refractivity (Wildman–Crippen MR) is 126 cm³/mol. The van der Waals surface area contributed by atoms with Crippen molar-refractivity contribution in [1.29, 1.82) is 0 Å². The third kappa shape index (κ3) is 25.7. The summed E-state index contributed by atoms with van der Waals surface area (Å²) in [5.41, 5.74) is 0. The van der Waals surface area contributed by atoms with Crippen LogP contribution in [-0.2, 0) is 0 Å². The lowest BCUT2D eigenvalue weighted by atomic mass is 10.0. The van der Waals surface area contributed by atoms with Crippen molar-refractivity contribution in [2.24, 2.45) is 0 Å². The van der Waals surface area contributed by atoms with E-state index in [1.165, 1.54) is 135 Å². The minimum Gasteiger partial charge on any atom is -0.0885 e. The maximum Gasteiger partial charge on any atom is -0.0351 e. The van der Waals surface area contributed by atoms with Crippen LogP contribution in [-0.4, -0.2) is 0 Å². The van der Waals surface area contributed by atoms with Crippen LogP contribution in [0.25, 0.3) is 0 Å². The molecular weight excluding hydrogens is 324 g/mol. The minimum atomic E-state index is 1.10. The fourth-order valence-electron chi connectivity index (χ4n) is 3.77. The second kappa shape index (κ2) is 25.7. The molecule has 0 saturated carbocycles. The van der Waals surface area contributed by atoms with Gasteiger partial charge in [0.15, 0.2) is 0 Å². The summed E-state index contributed by atoms with van der Waals surface area (Å²) in [7, 11) is 0.